The van der Waals surface area contributed by atoms with Gasteiger partial charge in [0.2, 0.25) is 0 Å². The lowest BCUT2D eigenvalue weighted by atomic mass is 9.99. The van der Waals surface area contributed by atoms with Gasteiger partial charge in [0.05, 0.1) is 44.6 Å². The highest BCUT2D eigenvalue weighted by Gasteiger charge is 2.74. The Morgan fingerprint density at radius 2 is 1.83 bits per heavy atom. The molecule has 8 rings (SSSR count). The van der Waals surface area contributed by atoms with Crippen LogP contribution in [0, 0.1) is 24.2 Å². The first-order valence-electron chi connectivity index (χ1n) is 14.4. The van der Waals surface area contributed by atoms with E-state index in [4.69, 9.17) is 28.6 Å². The standard InChI is InChI=1S/C24H29N9O10P2S2/c1-9-30-21-14(22(36)31-9)29-8-33(21)23-17-10(3-34)12(41-23)4-39-44(37,46)43-18-16(35)15(11-2-24(11,18)5-40-45(38,47)42-17)32-7-28-13-19(25)26-6-27-20(13)32/h6-8,10-12,15-18,23,34-35H,2-5H2,1H3,(H,37,46)(H,38,47)(H2,25,26,27)(H,30,31,36)/t10-,11-,12-,15-,16+,17-,18+,23-,24?,44-,45?/m1/s1. The van der Waals surface area contributed by atoms with Crippen LogP contribution in [0.5, 0.6) is 0 Å². The largest absolute Gasteiger partial charge is 0.396 e. The van der Waals surface area contributed by atoms with Gasteiger partial charge in [-0.25, -0.2) is 34.0 Å². The molecule has 2 aliphatic carbocycles. The normalized spacial score (nSPS) is 40.4. The van der Waals surface area contributed by atoms with Crippen LogP contribution in [-0.4, -0.2) is 93.5 Å². The number of aromatic nitrogens is 8. The zero-order valence-corrected chi connectivity index (χ0v) is 27.9. The fourth-order valence-corrected chi connectivity index (χ4v) is 10.3. The van der Waals surface area contributed by atoms with Crippen LogP contribution in [0.2, 0.25) is 0 Å². The van der Waals surface area contributed by atoms with Crippen LogP contribution in [0.3, 0.4) is 0 Å². The molecule has 1 spiro atoms. The summed E-state index contributed by atoms with van der Waals surface area (Å²) in [6.07, 6.45) is -1.32. The van der Waals surface area contributed by atoms with Gasteiger partial charge in [-0.1, -0.05) is 24.5 Å². The molecule has 2 saturated carbocycles. The first-order valence-corrected chi connectivity index (χ1v) is 19.8. The number of aliphatic hydroxyl groups is 2. The molecule has 4 fully saturated rings. The van der Waals surface area contributed by atoms with E-state index < -0.39 is 80.4 Å². The molecule has 0 radical (unpaired) electrons. The summed E-state index contributed by atoms with van der Waals surface area (Å²) in [5.41, 5.74) is 5.37. The fraction of sp³-hybridized carbons (Fsp3) is 0.583. The van der Waals surface area contributed by atoms with E-state index in [0.29, 0.717) is 23.4 Å². The lowest BCUT2D eigenvalue weighted by Crippen LogP contribution is -2.37. The van der Waals surface area contributed by atoms with Crippen LogP contribution < -0.4 is 11.3 Å². The number of hydrogen-bond acceptors (Lipinski definition) is 16. The Bertz CT molecular complexity index is 2060. The number of nitrogens with zero attached hydrogens (tertiary/aromatic N) is 7. The van der Waals surface area contributed by atoms with E-state index in [2.05, 4.69) is 54.4 Å². The summed E-state index contributed by atoms with van der Waals surface area (Å²) in [4.78, 5) is 36.2. The number of aliphatic hydroxyl groups excluding tert-OH is 2. The summed E-state index contributed by atoms with van der Waals surface area (Å²) >= 11 is 8.50. The van der Waals surface area contributed by atoms with Crippen molar-refractivity contribution in [2.75, 3.05) is 25.6 Å². The van der Waals surface area contributed by atoms with E-state index in [-0.39, 0.29) is 29.5 Å². The molecular formula is C24H29N9O10P2S2. The number of thiol groups is 2. The van der Waals surface area contributed by atoms with Gasteiger partial charge < -0.3 is 34.8 Å². The number of nitrogens with two attached hydrogens (primary N) is 1. The summed E-state index contributed by atoms with van der Waals surface area (Å²) < 4.78 is 60.5. The van der Waals surface area contributed by atoms with Gasteiger partial charge in [0.25, 0.3) is 5.56 Å². The Labute approximate surface area is 274 Å². The summed E-state index contributed by atoms with van der Waals surface area (Å²) in [5.74, 6) is -0.788. The van der Waals surface area contributed by atoms with E-state index in [1.54, 1.807) is 11.5 Å². The molecule has 23 heteroatoms. The molecular weight excluding hydrogens is 700 g/mol. The average molecular weight is 730 g/mol. The number of aromatic amines is 1. The van der Waals surface area contributed by atoms with Gasteiger partial charge in [-0.05, 0) is 19.3 Å². The zero-order valence-electron chi connectivity index (χ0n) is 24.3. The highest BCUT2D eigenvalue weighted by atomic mass is 32.7. The SMILES string of the molecule is Cc1nc2c(ncn2[C@@H]2O[C@@H]3CO[P@@](=O)(S)O[C@H]4[C@@H](O)[C@H](n5cnc6c(N)ncnc65)[C@H]5CC54COP(=O)(S)O[C@@H]2[C@@H]3CO)c(=O)[nH]1. The second kappa shape index (κ2) is 11.0. The molecule has 2 bridgehead atoms. The average Bonchev–Trinajstić information content (AvgIpc) is 3.30. The minimum atomic E-state index is -4.25. The van der Waals surface area contributed by atoms with Crippen molar-refractivity contribution < 1.29 is 42.2 Å². The second-order valence-electron chi connectivity index (χ2n) is 12.1. The van der Waals surface area contributed by atoms with Crippen molar-refractivity contribution >= 4 is 66.2 Å². The van der Waals surface area contributed by atoms with Crippen molar-refractivity contribution in [2.45, 2.75) is 50.0 Å². The maximum absolute atomic E-state index is 13.9. The maximum atomic E-state index is 13.9. The van der Waals surface area contributed by atoms with Crippen LogP contribution >= 0.6 is 38.1 Å². The number of fused-ring (bicyclic) bond motifs is 4. The molecule has 11 atom stereocenters. The van der Waals surface area contributed by atoms with Gasteiger partial charge in [-0.15, -0.1) is 0 Å². The van der Waals surface area contributed by atoms with Crippen molar-refractivity contribution in [1.82, 2.24) is 39.0 Å². The number of anilines is 1. The Hall–Kier alpha value is -2.42. The van der Waals surface area contributed by atoms with Crippen LogP contribution in [-0.2, 0) is 32.0 Å². The van der Waals surface area contributed by atoms with Crippen molar-refractivity contribution in [3.8, 4) is 0 Å². The third-order valence-corrected chi connectivity index (χ3v) is 12.6. The van der Waals surface area contributed by atoms with E-state index in [0.717, 1.165) is 0 Å². The monoisotopic (exact) mass is 729 g/mol. The van der Waals surface area contributed by atoms with Crippen LogP contribution in [0.4, 0.5) is 5.82 Å². The predicted molar refractivity (Wildman–Crippen MR) is 168 cm³/mol. The van der Waals surface area contributed by atoms with Crippen molar-refractivity contribution in [1.29, 1.82) is 0 Å². The third kappa shape index (κ3) is 5.10. The van der Waals surface area contributed by atoms with E-state index in [9.17, 15) is 24.1 Å². The van der Waals surface area contributed by atoms with Crippen molar-refractivity contribution in [3.05, 3.63) is 35.2 Å². The molecule has 4 aromatic rings. The molecule has 47 heavy (non-hydrogen) atoms. The molecule has 2 aliphatic heterocycles. The van der Waals surface area contributed by atoms with Gasteiger partial charge in [0, 0.05) is 11.3 Å². The molecule has 252 valence electrons. The highest BCUT2D eigenvalue weighted by Crippen LogP contribution is 2.73. The molecule has 5 N–H and O–H groups in total. The van der Waals surface area contributed by atoms with Gasteiger partial charge in [0.15, 0.2) is 28.9 Å². The summed E-state index contributed by atoms with van der Waals surface area (Å²) in [5, 5.41) is 22.1. The Kier molecular flexibility index (Phi) is 7.48. The molecule has 0 aromatic carbocycles. The molecule has 6 heterocycles. The lowest BCUT2D eigenvalue weighted by molar-refractivity contribution is -0.0541. The number of aryl methyl sites for hydroxylation is 1. The Morgan fingerprint density at radius 3 is 2.62 bits per heavy atom. The maximum Gasteiger partial charge on any atom is 0.386 e. The summed E-state index contributed by atoms with van der Waals surface area (Å²) in [6.45, 7) is -8.13. The number of H-pyrrole nitrogens is 1. The molecule has 2 unspecified atom stereocenters. The summed E-state index contributed by atoms with van der Waals surface area (Å²) in [7, 11) is 0. The molecule has 2 saturated heterocycles. The van der Waals surface area contributed by atoms with Crippen molar-refractivity contribution in [3.63, 3.8) is 0 Å². The highest BCUT2D eigenvalue weighted by molar-refractivity contribution is 8.44. The van der Waals surface area contributed by atoms with Crippen LogP contribution in [0.25, 0.3) is 22.3 Å². The molecule has 4 aliphatic rings. The summed E-state index contributed by atoms with van der Waals surface area (Å²) in [6, 6.07) is -0.680. The first-order chi connectivity index (χ1) is 22.3. The van der Waals surface area contributed by atoms with Crippen molar-refractivity contribution in [2.24, 2.45) is 17.3 Å². The first kappa shape index (κ1) is 31.8. The number of rotatable bonds is 3. The van der Waals surface area contributed by atoms with Gasteiger partial charge in [-0.2, -0.15) is 0 Å². The van der Waals surface area contributed by atoms with Crippen LogP contribution in [0.1, 0.15) is 24.5 Å². The molecule has 19 nitrogen and oxygen atoms in total. The van der Waals surface area contributed by atoms with Gasteiger partial charge >= 0.3 is 13.6 Å². The number of nitrogens with one attached hydrogen (secondary N) is 1. The molecule has 4 aromatic heterocycles. The number of nitrogen functional groups attached to an aromatic ring is 1. The smallest absolute Gasteiger partial charge is 0.386 e. The minimum Gasteiger partial charge on any atom is -0.396 e. The van der Waals surface area contributed by atoms with E-state index in [1.807, 2.05) is 0 Å². The van der Waals surface area contributed by atoms with E-state index >= 15 is 0 Å². The fourth-order valence-electron chi connectivity index (χ4n) is 7.23. The quantitative estimate of drug-likeness (QED) is 0.128. The lowest BCUT2D eigenvalue weighted by Gasteiger charge is -2.31. The number of hydrogen-bond donors (Lipinski definition) is 6. The topological polar surface area (TPSA) is 254 Å². The van der Waals surface area contributed by atoms with Crippen LogP contribution in [0.15, 0.2) is 23.8 Å². The van der Waals surface area contributed by atoms with Gasteiger partial charge in [0.1, 0.15) is 36.0 Å². The number of imidazole rings is 2. The Balaban J connectivity index is 1.15. The zero-order chi connectivity index (χ0) is 33.0. The van der Waals surface area contributed by atoms with E-state index in [1.165, 1.54) is 23.5 Å². The predicted octanol–water partition coefficient (Wildman–Crippen LogP) is 1.17. The minimum absolute atomic E-state index is 0.0188. The second-order valence-corrected chi connectivity index (χ2v) is 17.8. The molecule has 0 amide bonds. The number of ether oxygens (including phenoxy) is 1. The van der Waals surface area contributed by atoms with Gasteiger partial charge in [-0.3, -0.25) is 22.9 Å². The Morgan fingerprint density at radius 1 is 1.09 bits per heavy atom. The third-order valence-electron chi connectivity index (χ3n) is 9.46.